The lowest BCUT2D eigenvalue weighted by atomic mass is 9.79. The lowest BCUT2D eigenvalue weighted by molar-refractivity contribution is -0.140. The third kappa shape index (κ3) is 1.56. The molecule has 1 heterocycles. The van der Waals surface area contributed by atoms with Crippen molar-refractivity contribution in [3.63, 3.8) is 0 Å². The summed E-state index contributed by atoms with van der Waals surface area (Å²) in [5.41, 5.74) is 0.959. The summed E-state index contributed by atoms with van der Waals surface area (Å²) in [5.74, 6) is 1.61. The molecule has 3 heteroatoms. The largest absolute Gasteiger partial charge is 0.458 e. The average Bonchev–Trinajstić information content (AvgIpc) is 2.77. The minimum Gasteiger partial charge on any atom is -0.458 e. The smallest absolute Gasteiger partial charge is 0.334 e. The molecule has 2 saturated carbocycles. The van der Waals surface area contributed by atoms with E-state index >= 15 is 0 Å². The fraction of sp³-hybridized carbons (Fsp3) is 0.733. The Labute approximate surface area is 108 Å². The Kier molecular flexibility index (Phi) is 2.45. The van der Waals surface area contributed by atoms with Crippen LogP contribution in [0.1, 0.15) is 39.5 Å². The molecule has 98 valence electrons. The zero-order valence-electron chi connectivity index (χ0n) is 11.1. The molecule has 2 aliphatic carbocycles. The molecule has 18 heavy (non-hydrogen) atoms. The molecule has 0 aromatic rings. The van der Waals surface area contributed by atoms with Crippen LogP contribution in [0.5, 0.6) is 0 Å². The van der Waals surface area contributed by atoms with Gasteiger partial charge in [0.15, 0.2) is 0 Å². The van der Waals surface area contributed by atoms with Crippen LogP contribution in [0, 0.1) is 23.2 Å². The van der Waals surface area contributed by atoms with Gasteiger partial charge in [-0.15, -0.1) is 0 Å². The number of carbonyl (C=O) groups is 2. The van der Waals surface area contributed by atoms with Crippen molar-refractivity contribution in [3.05, 3.63) is 12.2 Å². The number of ether oxygens (including phenoxy) is 1. The third-order valence-corrected chi connectivity index (χ3v) is 5.44. The fourth-order valence-corrected chi connectivity index (χ4v) is 4.25. The zero-order valence-corrected chi connectivity index (χ0v) is 11.1. The molecule has 0 spiro atoms. The van der Waals surface area contributed by atoms with Crippen molar-refractivity contribution < 1.29 is 14.3 Å². The minimum absolute atomic E-state index is 0.0496. The number of hydrogen-bond donors (Lipinski definition) is 0. The first-order valence-electron chi connectivity index (χ1n) is 6.82. The van der Waals surface area contributed by atoms with Gasteiger partial charge in [0.05, 0.1) is 0 Å². The van der Waals surface area contributed by atoms with E-state index in [-0.39, 0.29) is 23.8 Å². The second-order valence-electron chi connectivity index (χ2n) is 6.47. The minimum atomic E-state index is -0.199. The number of carbonyl (C=O) groups excluding carboxylic acids is 2. The molecule has 5 atom stereocenters. The molecule has 1 unspecified atom stereocenters. The van der Waals surface area contributed by atoms with Crippen LogP contribution >= 0.6 is 0 Å². The third-order valence-electron chi connectivity index (χ3n) is 5.44. The second-order valence-corrected chi connectivity index (χ2v) is 6.47. The maximum Gasteiger partial charge on any atom is 0.334 e. The molecular weight excluding hydrogens is 228 g/mol. The Morgan fingerprint density at radius 2 is 2.28 bits per heavy atom. The Balaban J connectivity index is 1.69. The van der Waals surface area contributed by atoms with Gasteiger partial charge in [-0.1, -0.05) is 13.5 Å². The van der Waals surface area contributed by atoms with Crippen LogP contribution in [0.3, 0.4) is 0 Å². The summed E-state index contributed by atoms with van der Waals surface area (Å²) in [4.78, 5) is 22.6. The molecule has 3 rings (SSSR count). The second kappa shape index (κ2) is 3.69. The summed E-state index contributed by atoms with van der Waals surface area (Å²) in [6, 6.07) is 0. The van der Waals surface area contributed by atoms with E-state index in [1.165, 1.54) is 0 Å². The van der Waals surface area contributed by atoms with E-state index < -0.39 is 0 Å². The van der Waals surface area contributed by atoms with Crippen molar-refractivity contribution in [2.45, 2.75) is 45.6 Å². The molecule has 1 aliphatic heterocycles. The van der Waals surface area contributed by atoms with Gasteiger partial charge in [0, 0.05) is 17.9 Å². The summed E-state index contributed by atoms with van der Waals surface area (Å²) in [6.45, 7) is 7.81. The summed E-state index contributed by atoms with van der Waals surface area (Å²) >= 11 is 0. The molecule has 3 nitrogen and oxygen atoms in total. The SMILES string of the molecule is C=C1C(=O)O[C@@H]2C[C@]3(C)C(CCC(C)=O)[C@H]3C[C@@H]12. The summed E-state index contributed by atoms with van der Waals surface area (Å²) in [6.07, 6.45) is 3.71. The molecule has 3 fully saturated rings. The Morgan fingerprint density at radius 3 is 2.94 bits per heavy atom. The lowest BCUT2D eigenvalue weighted by Gasteiger charge is -2.27. The van der Waals surface area contributed by atoms with E-state index in [1.54, 1.807) is 6.92 Å². The number of rotatable bonds is 3. The summed E-state index contributed by atoms with van der Waals surface area (Å²) in [5, 5.41) is 0. The number of ketones is 1. The standard InChI is InChI=1S/C15H20O3/c1-8(16)4-5-11-12-6-10-9(2)14(17)18-13(10)7-15(11,12)3/h10-13H,2,4-7H2,1,3H3/t10-,11?,12+,13+,15+/m0/s1. The number of fused-ring (bicyclic) bond motifs is 2. The quantitative estimate of drug-likeness (QED) is 0.569. The van der Waals surface area contributed by atoms with Gasteiger partial charge in [-0.25, -0.2) is 4.79 Å². The zero-order chi connectivity index (χ0) is 13.1. The molecule has 0 amide bonds. The van der Waals surface area contributed by atoms with Crippen molar-refractivity contribution in [1.82, 2.24) is 0 Å². The van der Waals surface area contributed by atoms with Gasteiger partial charge in [-0.3, -0.25) is 0 Å². The average molecular weight is 248 g/mol. The highest BCUT2D eigenvalue weighted by molar-refractivity contribution is 5.90. The van der Waals surface area contributed by atoms with Crippen molar-refractivity contribution >= 4 is 11.8 Å². The topological polar surface area (TPSA) is 43.4 Å². The monoisotopic (exact) mass is 248 g/mol. The van der Waals surface area contributed by atoms with Gasteiger partial charge in [0.2, 0.25) is 0 Å². The molecule has 0 N–H and O–H groups in total. The summed E-state index contributed by atoms with van der Waals surface area (Å²) < 4.78 is 5.41. The van der Waals surface area contributed by atoms with Crippen molar-refractivity contribution in [3.8, 4) is 0 Å². The number of hydrogen-bond acceptors (Lipinski definition) is 3. The van der Waals surface area contributed by atoms with E-state index in [1.807, 2.05) is 0 Å². The van der Waals surface area contributed by atoms with E-state index in [0.29, 0.717) is 29.2 Å². The van der Waals surface area contributed by atoms with Gasteiger partial charge >= 0.3 is 5.97 Å². The van der Waals surface area contributed by atoms with E-state index in [2.05, 4.69) is 13.5 Å². The number of Topliss-reactive ketones (excluding diaryl/α,β-unsaturated/α-hetero) is 1. The normalized spacial score (nSPS) is 45.2. The highest BCUT2D eigenvalue weighted by Crippen LogP contribution is 2.70. The maximum atomic E-state index is 11.5. The Morgan fingerprint density at radius 1 is 1.56 bits per heavy atom. The fourth-order valence-electron chi connectivity index (χ4n) is 4.25. The molecular formula is C15H20O3. The van der Waals surface area contributed by atoms with Crippen molar-refractivity contribution in [1.29, 1.82) is 0 Å². The van der Waals surface area contributed by atoms with Crippen LogP contribution in [-0.2, 0) is 14.3 Å². The molecule has 0 radical (unpaired) electrons. The van der Waals surface area contributed by atoms with E-state index in [9.17, 15) is 9.59 Å². The predicted octanol–water partition coefficient (Wildman–Crippen LogP) is 2.50. The van der Waals surface area contributed by atoms with Crippen LogP contribution in [0.25, 0.3) is 0 Å². The van der Waals surface area contributed by atoms with Crippen molar-refractivity contribution in [2.75, 3.05) is 0 Å². The molecule has 0 bridgehead atoms. The first-order valence-corrected chi connectivity index (χ1v) is 6.82. The molecule has 0 aromatic carbocycles. The Hall–Kier alpha value is -1.12. The van der Waals surface area contributed by atoms with Crippen LogP contribution in [0.15, 0.2) is 12.2 Å². The summed E-state index contributed by atoms with van der Waals surface area (Å²) in [7, 11) is 0. The molecule has 0 aromatic heterocycles. The lowest BCUT2D eigenvalue weighted by Crippen LogP contribution is -2.26. The van der Waals surface area contributed by atoms with Crippen LogP contribution in [-0.4, -0.2) is 17.9 Å². The Bertz CT molecular complexity index is 439. The first-order chi connectivity index (χ1) is 8.43. The highest BCUT2D eigenvalue weighted by Gasteiger charge is 2.66. The van der Waals surface area contributed by atoms with Gasteiger partial charge in [0.1, 0.15) is 11.9 Å². The predicted molar refractivity (Wildman–Crippen MR) is 66.7 cm³/mol. The van der Waals surface area contributed by atoms with E-state index in [4.69, 9.17) is 4.74 Å². The molecule has 3 aliphatic rings. The van der Waals surface area contributed by atoms with Crippen LogP contribution < -0.4 is 0 Å². The first kappa shape index (κ1) is 11.9. The van der Waals surface area contributed by atoms with Crippen LogP contribution in [0.4, 0.5) is 0 Å². The van der Waals surface area contributed by atoms with Gasteiger partial charge in [0.25, 0.3) is 0 Å². The van der Waals surface area contributed by atoms with E-state index in [0.717, 1.165) is 19.3 Å². The molecule has 1 saturated heterocycles. The van der Waals surface area contributed by atoms with Gasteiger partial charge in [-0.2, -0.15) is 0 Å². The van der Waals surface area contributed by atoms with Crippen LogP contribution in [0.2, 0.25) is 0 Å². The number of esters is 1. The highest BCUT2D eigenvalue weighted by atomic mass is 16.6. The van der Waals surface area contributed by atoms with Crippen molar-refractivity contribution in [2.24, 2.45) is 23.2 Å². The van der Waals surface area contributed by atoms with Gasteiger partial charge in [-0.05, 0) is 43.4 Å². The maximum absolute atomic E-state index is 11.5. The van der Waals surface area contributed by atoms with Gasteiger partial charge < -0.3 is 9.53 Å².